The van der Waals surface area contributed by atoms with E-state index < -0.39 is 35.6 Å². The second-order valence-corrected chi connectivity index (χ2v) is 3.00. The van der Waals surface area contributed by atoms with Gasteiger partial charge in [-0.2, -0.15) is 8.78 Å². The van der Waals surface area contributed by atoms with Crippen molar-refractivity contribution in [3.63, 3.8) is 0 Å². The van der Waals surface area contributed by atoms with Crippen LogP contribution in [0, 0.1) is 11.6 Å². The summed E-state index contributed by atoms with van der Waals surface area (Å²) in [6.45, 7) is 0. The summed E-state index contributed by atoms with van der Waals surface area (Å²) in [5.41, 5.74) is -0.809. The van der Waals surface area contributed by atoms with Crippen molar-refractivity contribution < 1.29 is 31.1 Å². The Bertz CT molecular complexity index is 433. The number of amides is 1. The summed E-state index contributed by atoms with van der Waals surface area (Å²) >= 11 is 0. The number of benzene rings is 1. The lowest BCUT2D eigenvalue weighted by Gasteiger charge is -2.15. The predicted octanol–water partition coefficient (Wildman–Crippen LogP) is 2.80. The van der Waals surface area contributed by atoms with Crippen LogP contribution in [0.2, 0.25) is 0 Å². The number of hydrogen-bond donors (Lipinski definition) is 1. The SMILES string of the molecule is O=C(Nc1ccc(F)cc1F)C(F)(F)C(F)F. The summed E-state index contributed by atoms with van der Waals surface area (Å²) in [7, 11) is 0. The van der Waals surface area contributed by atoms with Gasteiger partial charge >= 0.3 is 18.3 Å². The molecule has 1 N–H and O–H groups in total. The van der Waals surface area contributed by atoms with Gasteiger partial charge in [0.15, 0.2) is 0 Å². The molecule has 0 saturated carbocycles. The van der Waals surface area contributed by atoms with Crippen LogP contribution in [0.3, 0.4) is 0 Å². The molecule has 0 spiro atoms. The molecule has 0 heterocycles. The van der Waals surface area contributed by atoms with Crippen LogP contribution in [0.25, 0.3) is 0 Å². The van der Waals surface area contributed by atoms with Crippen LogP contribution in [-0.4, -0.2) is 18.3 Å². The molecule has 1 rings (SSSR count). The normalized spacial score (nSPS) is 11.7. The summed E-state index contributed by atoms with van der Waals surface area (Å²) in [6.07, 6.45) is -4.22. The van der Waals surface area contributed by atoms with Crippen LogP contribution in [0.4, 0.5) is 32.0 Å². The molecule has 0 fully saturated rings. The van der Waals surface area contributed by atoms with E-state index in [1.807, 2.05) is 0 Å². The molecule has 8 heteroatoms. The fourth-order valence-electron chi connectivity index (χ4n) is 0.896. The highest BCUT2D eigenvalue weighted by Gasteiger charge is 2.49. The standard InChI is InChI=1S/C9H5F6NO/c10-4-1-2-6(5(11)3-4)16-8(17)9(14,15)7(12)13/h1-3,7H,(H,16,17). The van der Waals surface area contributed by atoms with E-state index in [0.717, 1.165) is 0 Å². The second kappa shape index (κ2) is 4.64. The minimum Gasteiger partial charge on any atom is -0.318 e. The highest BCUT2D eigenvalue weighted by Crippen LogP contribution is 2.25. The second-order valence-electron chi connectivity index (χ2n) is 3.00. The van der Waals surface area contributed by atoms with Crippen molar-refractivity contribution >= 4 is 11.6 Å². The maximum absolute atomic E-state index is 12.9. The van der Waals surface area contributed by atoms with Gasteiger partial charge in [0.05, 0.1) is 5.69 Å². The van der Waals surface area contributed by atoms with Crippen molar-refractivity contribution in [1.82, 2.24) is 0 Å². The largest absolute Gasteiger partial charge is 0.383 e. The van der Waals surface area contributed by atoms with Crippen molar-refractivity contribution in [2.45, 2.75) is 12.3 Å². The van der Waals surface area contributed by atoms with E-state index in [2.05, 4.69) is 0 Å². The first-order valence-electron chi connectivity index (χ1n) is 4.17. The lowest BCUT2D eigenvalue weighted by molar-refractivity contribution is -0.163. The van der Waals surface area contributed by atoms with E-state index in [1.54, 1.807) is 0 Å². The Morgan fingerprint density at radius 1 is 1.24 bits per heavy atom. The minimum atomic E-state index is -4.94. The van der Waals surface area contributed by atoms with Crippen LogP contribution in [0.5, 0.6) is 0 Å². The van der Waals surface area contributed by atoms with Gasteiger partial charge < -0.3 is 5.32 Å². The molecule has 0 atom stereocenters. The van der Waals surface area contributed by atoms with Crippen LogP contribution in [0.15, 0.2) is 18.2 Å². The number of carbonyl (C=O) groups excluding carboxylic acids is 1. The summed E-state index contributed by atoms with van der Waals surface area (Å²) < 4.78 is 73.8. The Kier molecular flexibility index (Phi) is 3.64. The Balaban J connectivity index is 2.89. The Labute approximate surface area is 91.2 Å². The molecule has 0 radical (unpaired) electrons. The number of carbonyl (C=O) groups is 1. The molecule has 0 aliphatic heterocycles. The molecular weight excluding hydrogens is 252 g/mol. The van der Waals surface area contributed by atoms with E-state index in [9.17, 15) is 31.1 Å². The van der Waals surface area contributed by atoms with Crippen LogP contribution in [0.1, 0.15) is 0 Å². The van der Waals surface area contributed by atoms with Gasteiger partial charge in [-0.25, -0.2) is 17.6 Å². The zero-order chi connectivity index (χ0) is 13.2. The molecule has 1 aromatic carbocycles. The lowest BCUT2D eigenvalue weighted by Crippen LogP contribution is -2.41. The Morgan fingerprint density at radius 3 is 2.29 bits per heavy atom. The van der Waals surface area contributed by atoms with Crippen LogP contribution in [-0.2, 0) is 4.79 Å². The predicted molar refractivity (Wildman–Crippen MR) is 45.9 cm³/mol. The molecule has 0 bridgehead atoms. The van der Waals surface area contributed by atoms with E-state index in [4.69, 9.17) is 0 Å². The smallest absolute Gasteiger partial charge is 0.318 e. The Hall–Kier alpha value is -1.73. The summed E-state index contributed by atoms with van der Waals surface area (Å²) in [5, 5.41) is 1.25. The third-order valence-electron chi connectivity index (χ3n) is 1.76. The molecule has 0 aromatic heterocycles. The monoisotopic (exact) mass is 257 g/mol. The third-order valence-corrected chi connectivity index (χ3v) is 1.76. The van der Waals surface area contributed by atoms with E-state index >= 15 is 0 Å². The molecule has 2 nitrogen and oxygen atoms in total. The highest BCUT2D eigenvalue weighted by atomic mass is 19.3. The quantitative estimate of drug-likeness (QED) is 0.829. The number of nitrogens with one attached hydrogen (secondary N) is 1. The molecule has 0 saturated heterocycles. The molecule has 0 unspecified atom stereocenters. The van der Waals surface area contributed by atoms with Crippen LogP contribution < -0.4 is 5.32 Å². The van der Waals surface area contributed by atoms with E-state index in [0.29, 0.717) is 18.2 Å². The van der Waals surface area contributed by atoms with E-state index in [1.165, 1.54) is 5.32 Å². The van der Waals surface area contributed by atoms with E-state index in [-0.39, 0.29) is 0 Å². The van der Waals surface area contributed by atoms with Gasteiger partial charge in [0, 0.05) is 6.07 Å². The number of rotatable bonds is 3. The van der Waals surface area contributed by atoms with Crippen molar-refractivity contribution in [2.75, 3.05) is 5.32 Å². The summed E-state index contributed by atoms with van der Waals surface area (Å²) in [4.78, 5) is 10.7. The minimum absolute atomic E-state index is 0.316. The van der Waals surface area contributed by atoms with Gasteiger partial charge in [-0.15, -0.1) is 0 Å². The average Bonchev–Trinajstić information content (AvgIpc) is 2.21. The molecule has 1 aromatic rings. The molecule has 1 amide bonds. The number of anilines is 1. The maximum Gasteiger partial charge on any atom is 0.383 e. The molecule has 17 heavy (non-hydrogen) atoms. The summed E-state index contributed by atoms with van der Waals surface area (Å²) in [5.74, 6) is -9.65. The fourth-order valence-corrected chi connectivity index (χ4v) is 0.896. The maximum atomic E-state index is 12.9. The first-order valence-corrected chi connectivity index (χ1v) is 4.17. The number of alkyl halides is 4. The molecule has 0 aliphatic rings. The van der Waals surface area contributed by atoms with Crippen molar-refractivity contribution in [3.05, 3.63) is 29.8 Å². The van der Waals surface area contributed by atoms with Crippen molar-refractivity contribution in [1.29, 1.82) is 0 Å². The van der Waals surface area contributed by atoms with Gasteiger partial charge in [0.1, 0.15) is 11.6 Å². The first kappa shape index (κ1) is 13.3. The average molecular weight is 257 g/mol. The van der Waals surface area contributed by atoms with Crippen molar-refractivity contribution in [3.8, 4) is 0 Å². The third kappa shape index (κ3) is 2.89. The zero-order valence-electron chi connectivity index (χ0n) is 7.99. The zero-order valence-corrected chi connectivity index (χ0v) is 7.99. The lowest BCUT2D eigenvalue weighted by atomic mass is 10.2. The van der Waals surface area contributed by atoms with Gasteiger partial charge in [0.25, 0.3) is 0 Å². The first-order chi connectivity index (χ1) is 7.75. The molecular formula is C9H5F6NO. The topological polar surface area (TPSA) is 29.1 Å². The van der Waals surface area contributed by atoms with Gasteiger partial charge in [-0.1, -0.05) is 0 Å². The van der Waals surface area contributed by atoms with Gasteiger partial charge in [0.2, 0.25) is 0 Å². The highest BCUT2D eigenvalue weighted by molar-refractivity contribution is 5.96. The van der Waals surface area contributed by atoms with Crippen LogP contribution >= 0.6 is 0 Å². The molecule has 0 aliphatic carbocycles. The number of halogens is 6. The fraction of sp³-hybridized carbons (Fsp3) is 0.222. The van der Waals surface area contributed by atoms with Gasteiger partial charge in [-0.3, -0.25) is 4.79 Å². The molecule has 94 valence electrons. The summed E-state index contributed by atoms with van der Waals surface area (Å²) in [6, 6.07) is 1.64. The number of hydrogen-bond acceptors (Lipinski definition) is 1. The van der Waals surface area contributed by atoms with Crippen molar-refractivity contribution in [2.24, 2.45) is 0 Å². The Morgan fingerprint density at radius 2 is 1.82 bits per heavy atom. The van der Waals surface area contributed by atoms with Gasteiger partial charge in [-0.05, 0) is 12.1 Å².